The number of aromatic nitrogens is 1. The van der Waals surface area contributed by atoms with Crippen molar-refractivity contribution in [2.45, 2.75) is 26.2 Å². The molecule has 1 atom stereocenters. The van der Waals surface area contributed by atoms with Crippen LogP contribution in [0.15, 0.2) is 72.9 Å². The van der Waals surface area contributed by atoms with Gasteiger partial charge in [0.05, 0.1) is 5.69 Å². The Morgan fingerprint density at radius 1 is 1.00 bits per heavy atom. The minimum absolute atomic E-state index is 0.0332. The summed E-state index contributed by atoms with van der Waals surface area (Å²) in [6.07, 6.45) is 1.81. The zero-order chi connectivity index (χ0) is 19.9. The van der Waals surface area contributed by atoms with Gasteiger partial charge in [-0.15, -0.1) is 0 Å². The predicted molar refractivity (Wildman–Crippen MR) is 112 cm³/mol. The Bertz CT molecular complexity index is 900. The Kier molecular flexibility index (Phi) is 6.27. The molecule has 1 aliphatic heterocycles. The molecule has 2 aromatic carbocycles. The molecular weight excluding hydrogens is 364 g/mol. The fraction of sp³-hybridized carbons (Fsp3) is 0.292. The Morgan fingerprint density at radius 3 is 2.55 bits per heavy atom. The van der Waals surface area contributed by atoms with Gasteiger partial charge in [0.15, 0.2) is 11.5 Å². The predicted octanol–water partition coefficient (Wildman–Crippen LogP) is 4.32. The summed E-state index contributed by atoms with van der Waals surface area (Å²) >= 11 is 0. The first-order valence-electron chi connectivity index (χ1n) is 10.0. The van der Waals surface area contributed by atoms with Crippen molar-refractivity contribution in [3.05, 3.63) is 84.2 Å². The summed E-state index contributed by atoms with van der Waals surface area (Å²) in [6.45, 7) is 5.85. The van der Waals surface area contributed by atoms with Crippen molar-refractivity contribution in [3.8, 4) is 17.2 Å². The Labute approximate surface area is 171 Å². The van der Waals surface area contributed by atoms with E-state index in [2.05, 4.69) is 28.9 Å². The molecule has 2 heterocycles. The number of ether oxygens (including phenoxy) is 3. The highest BCUT2D eigenvalue weighted by Gasteiger charge is 2.22. The second-order valence-electron chi connectivity index (χ2n) is 7.08. The van der Waals surface area contributed by atoms with E-state index in [0.717, 1.165) is 42.6 Å². The molecule has 0 aliphatic carbocycles. The Morgan fingerprint density at radius 2 is 1.79 bits per heavy atom. The quantitative estimate of drug-likeness (QED) is 0.573. The lowest BCUT2D eigenvalue weighted by atomic mass is 10.2. The van der Waals surface area contributed by atoms with Crippen LogP contribution in [0, 0.1) is 0 Å². The van der Waals surface area contributed by atoms with Gasteiger partial charge in [-0.05, 0) is 48.5 Å². The summed E-state index contributed by atoms with van der Waals surface area (Å²) in [5.74, 6) is 2.50. The van der Waals surface area contributed by atoms with Gasteiger partial charge in [0, 0.05) is 19.3 Å². The van der Waals surface area contributed by atoms with Crippen molar-refractivity contribution in [2.24, 2.45) is 0 Å². The largest absolute Gasteiger partial charge is 0.487 e. The summed E-state index contributed by atoms with van der Waals surface area (Å²) in [4.78, 5) is 6.64. The normalized spacial score (nSPS) is 15.3. The van der Waals surface area contributed by atoms with E-state index in [4.69, 9.17) is 14.2 Å². The molecule has 0 saturated heterocycles. The minimum Gasteiger partial charge on any atom is -0.487 e. The number of para-hydroxylation sites is 2. The molecule has 0 bridgehead atoms. The van der Waals surface area contributed by atoms with Crippen LogP contribution in [0.25, 0.3) is 0 Å². The monoisotopic (exact) mass is 390 g/mol. The molecule has 3 aromatic rings. The SMILES string of the molecule is CCN(Cc1ccc(OCc2ccccn2)cc1)CC1COc2ccccc2O1. The lowest BCUT2D eigenvalue weighted by Gasteiger charge is -2.30. The third-order valence-corrected chi connectivity index (χ3v) is 4.92. The lowest BCUT2D eigenvalue weighted by Crippen LogP contribution is -2.40. The lowest BCUT2D eigenvalue weighted by molar-refractivity contribution is 0.0580. The highest BCUT2D eigenvalue weighted by Crippen LogP contribution is 2.31. The maximum atomic E-state index is 6.10. The maximum Gasteiger partial charge on any atom is 0.161 e. The smallest absolute Gasteiger partial charge is 0.161 e. The van der Waals surface area contributed by atoms with Gasteiger partial charge in [0.25, 0.3) is 0 Å². The minimum atomic E-state index is 0.0332. The van der Waals surface area contributed by atoms with Crippen LogP contribution in [-0.2, 0) is 13.2 Å². The highest BCUT2D eigenvalue weighted by atomic mass is 16.6. The number of hydrogen-bond donors (Lipinski definition) is 0. The van der Waals surface area contributed by atoms with E-state index in [9.17, 15) is 0 Å². The summed E-state index contributed by atoms with van der Waals surface area (Å²) in [6, 6.07) is 21.9. The Balaban J connectivity index is 1.29. The molecule has 5 heteroatoms. The first-order valence-corrected chi connectivity index (χ1v) is 10.0. The molecule has 0 radical (unpaired) electrons. The van der Waals surface area contributed by atoms with Gasteiger partial charge in [-0.25, -0.2) is 0 Å². The van der Waals surface area contributed by atoms with Crippen LogP contribution in [0.3, 0.4) is 0 Å². The highest BCUT2D eigenvalue weighted by molar-refractivity contribution is 5.40. The molecule has 150 valence electrons. The number of pyridine rings is 1. The molecule has 5 nitrogen and oxygen atoms in total. The average molecular weight is 390 g/mol. The summed E-state index contributed by atoms with van der Waals surface area (Å²) in [5.41, 5.74) is 2.17. The molecule has 0 N–H and O–H groups in total. The average Bonchev–Trinajstić information content (AvgIpc) is 2.79. The van der Waals surface area contributed by atoms with Gasteiger partial charge in [-0.1, -0.05) is 37.3 Å². The molecule has 0 saturated carbocycles. The van der Waals surface area contributed by atoms with Crippen molar-refractivity contribution >= 4 is 0 Å². The van der Waals surface area contributed by atoms with E-state index in [1.807, 2.05) is 54.6 Å². The second-order valence-corrected chi connectivity index (χ2v) is 7.08. The number of hydrogen-bond acceptors (Lipinski definition) is 5. The number of nitrogens with zero attached hydrogens (tertiary/aromatic N) is 2. The number of likely N-dealkylation sites (N-methyl/N-ethyl adjacent to an activating group) is 1. The van der Waals surface area contributed by atoms with Crippen LogP contribution in [0.1, 0.15) is 18.2 Å². The second kappa shape index (κ2) is 9.43. The van der Waals surface area contributed by atoms with E-state index in [1.54, 1.807) is 6.20 Å². The van der Waals surface area contributed by atoms with Crippen molar-refractivity contribution < 1.29 is 14.2 Å². The van der Waals surface area contributed by atoms with Gasteiger partial charge in [-0.3, -0.25) is 9.88 Å². The Hall–Kier alpha value is -3.05. The summed E-state index contributed by atoms with van der Waals surface area (Å²) in [5, 5.41) is 0. The zero-order valence-corrected chi connectivity index (χ0v) is 16.7. The topological polar surface area (TPSA) is 43.8 Å². The van der Waals surface area contributed by atoms with E-state index in [1.165, 1.54) is 5.56 Å². The molecule has 29 heavy (non-hydrogen) atoms. The van der Waals surface area contributed by atoms with Crippen LogP contribution in [0.4, 0.5) is 0 Å². The van der Waals surface area contributed by atoms with Crippen molar-refractivity contribution in [3.63, 3.8) is 0 Å². The molecule has 4 rings (SSSR count). The number of fused-ring (bicyclic) bond motifs is 1. The summed E-state index contributed by atoms with van der Waals surface area (Å²) < 4.78 is 17.8. The standard InChI is InChI=1S/C24H26N2O3/c1-2-26(16-22-18-28-23-8-3-4-9-24(23)29-22)15-19-10-12-21(13-11-19)27-17-20-7-5-6-14-25-20/h3-14,22H,2,15-18H2,1H3. The molecule has 1 aliphatic rings. The van der Waals surface area contributed by atoms with Crippen LogP contribution < -0.4 is 14.2 Å². The van der Waals surface area contributed by atoms with E-state index < -0.39 is 0 Å². The van der Waals surface area contributed by atoms with Crippen LogP contribution in [0.2, 0.25) is 0 Å². The van der Waals surface area contributed by atoms with Crippen LogP contribution >= 0.6 is 0 Å². The van der Waals surface area contributed by atoms with Crippen LogP contribution in [0.5, 0.6) is 17.2 Å². The van der Waals surface area contributed by atoms with Crippen LogP contribution in [-0.4, -0.2) is 35.7 Å². The molecular formula is C24H26N2O3. The summed E-state index contributed by atoms with van der Waals surface area (Å²) in [7, 11) is 0. The van der Waals surface area contributed by atoms with Crippen molar-refractivity contribution in [1.29, 1.82) is 0 Å². The molecule has 0 fully saturated rings. The third-order valence-electron chi connectivity index (χ3n) is 4.92. The van der Waals surface area contributed by atoms with Gasteiger partial charge < -0.3 is 14.2 Å². The first-order chi connectivity index (χ1) is 14.3. The fourth-order valence-corrected chi connectivity index (χ4v) is 3.34. The maximum absolute atomic E-state index is 6.10. The fourth-order valence-electron chi connectivity index (χ4n) is 3.34. The van der Waals surface area contributed by atoms with Crippen molar-refractivity contribution in [1.82, 2.24) is 9.88 Å². The van der Waals surface area contributed by atoms with Gasteiger partial charge in [0.1, 0.15) is 25.1 Å². The van der Waals surface area contributed by atoms with Gasteiger partial charge in [0.2, 0.25) is 0 Å². The van der Waals surface area contributed by atoms with Crippen molar-refractivity contribution in [2.75, 3.05) is 19.7 Å². The van der Waals surface area contributed by atoms with Gasteiger partial charge >= 0.3 is 0 Å². The number of rotatable bonds is 8. The van der Waals surface area contributed by atoms with E-state index >= 15 is 0 Å². The molecule has 0 amide bonds. The zero-order valence-electron chi connectivity index (χ0n) is 16.7. The molecule has 1 unspecified atom stereocenters. The molecule has 1 aromatic heterocycles. The van der Waals surface area contributed by atoms with Gasteiger partial charge in [-0.2, -0.15) is 0 Å². The molecule has 0 spiro atoms. The number of benzene rings is 2. The van der Waals surface area contributed by atoms with E-state index in [0.29, 0.717) is 13.2 Å². The first kappa shape index (κ1) is 19.3. The van der Waals surface area contributed by atoms with E-state index in [-0.39, 0.29) is 6.10 Å². The third kappa shape index (κ3) is 5.27.